The summed E-state index contributed by atoms with van der Waals surface area (Å²) in [6.07, 6.45) is 5.44. The standard InChI is InChI=1S/C11H18N4O/c1-2-10(1)12-5-9-3-4-15(6-9)7-11-13-8-16-14-11/h8-10,12H,1-7H2. The van der Waals surface area contributed by atoms with Crippen LogP contribution in [0.2, 0.25) is 0 Å². The maximum absolute atomic E-state index is 4.74. The third-order valence-electron chi connectivity index (χ3n) is 3.41. The summed E-state index contributed by atoms with van der Waals surface area (Å²) in [5, 5.41) is 7.45. The Hall–Kier alpha value is -0.940. The Bertz CT molecular complexity index is 323. The van der Waals surface area contributed by atoms with Gasteiger partial charge in [0.2, 0.25) is 6.39 Å². The topological polar surface area (TPSA) is 54.2 Å². The van der Waals surface area contributed by atoms with E-state index in [2.05, 4.69) is 20.4 Å². The summed E-state index contributed by atoms with van der Waals surface area (Å²) >= 11 is 0. The molecule has 1 atom stereocenters. The van der Waals surface area contributed by atoms with Crippen molar-refractivity contribution in [3.63, 3.8) is 0 Å². The molecule has 1 N–H and O–H groups in total. The average molecular weight is 222 g/mol. The first-order valence-corrected chi connectivity index (χ1v) is 6.11. The van der Waals surface area contributed by atoms with E-state index in [9.17, 15) is 0 Å². The third-order valence-corrected chi connectivity index (χ3v) is 3.41. The molecule has 5 heteroatoms. The van der Waals surface area contributed by atoms with Gasteiger partial charge >= 0.3 is 0 Å². The molecule has 1 unspecified atom stereocenters. The molecule has 2 heterocycles. The number of aromatic nitrogens is 2. The lowest BCUT2D eigenvalue weighted by atomic mass is 10.1. The van der Waals surface area contributed by atoms with E-state index in [-0.39, 0.29) is 0 Å². The van der Waals surface area contributed by atoms with Crippen molar-refractivity contribution in [1.29, 1.82) is 0 Å². The fourth-order valence-corrected chi connectivity index (χ4v) is 2.31. The first kappa shape index (κ1) is 10.2. The van der Waals surface area contributed by atoms with Crippen molar-refractivity contribution in [1.82, 2.24) is 20.4 Å². The van der Waals surface area contributed by atoms with Gasteiger partial charge in [-0.15, -0.1) is 0 Å². The number of hydrogen-bond acceptors (Lipinski definition) is 5. The summed E-state index contributed by atoms with van der Waals surface area (Å²) in [7, 11) is 0. The summed E-state index contributed by atoms with van der Waals surface area (Å²) in [4.78, 5) is 6.46. The molecular weight excluding hydrogens is 204 g/mol. The fourth-order valence-electron chi connectivity index (χ4n) is 2.31. The van der Waals surface area contributed by atoms with Crippen molar-refractivity contribution >= 4 is 0 Å². The van der Waals surface area contributed by atoms with Crippen LogP contribution >= 0.6 is 0 Å². The summed E-state index contributed by atoms with van der Waals surface area (Å²) < 4.78 is 4.74. The van der Waals surface area contributed by atoms with Crippen molar-refractivity contribution < 1.29 is 4.52 Å². The van der Waals surface area contributed by atoms with Gasteiger partial charge in [-0.25, -0.2) is 0 Å². The van der Waals surface area contributed by atoms with Crippen LogP contribution in [0.25, 0.3) is 0 Å². The quantitative estimate of drug-likeness (QED) is 0.792. The lowest BCUT2D eigenvalue weighted by Crippen LogP contribution is -2.27. The average Bonchev–Trinajstić information content (AvgIpc) is 2.78. The van der Waals surface area contributed by atoms with Crippen molar-refractivity contribution in [3.8, 4) is 0 Å². The van der Waals surface area contributed by atoms with Gasteiger partial charge in [0.15, 0.2) is 5.82 Å². The summed E-state index contributed by atoms with van der Waals surface area (Å²) in [5.74, 6) is 1.60. The second kappa shape index (κ2) is 4.51. The van der Waals surface area contributed by atoms with Crippen molar-refractivity contribution in [3.05, 3.63) is 12.2 Å². The highest BCUT2D eigenvalue weighted by atomic mass is 16.5. The van der Waals surface area contributed by atoms with E-state index < -0.39 is 0 Å². The van der Waals surface area contributed by atoms with Crippen LogP contribution in [0.4, 0.5) is 0 Å². The molecule has 1 saturated carbocycles. The first-order chi connectivity index (χ1) is 7.90. The van der Waals surface area contributed by atoms with E-state index >= 15 is 0 Å². The molecular formula is C11H18N4O. The molecule has 0 radical (unpaired) electrons. The summed E-state index contributed by atoms with van der Waals surface area (Å²) in [6.45, 7) is 4.32. The summed E-state index contributed by atoms with van der Waals surface area (Å²) in [5.41, 5.74) is 0. The number of rotatable bonds is 5. The Morgan fingerprint density at radius 3 is 3.12 bits per heavy atom. The minimum absolute atomic E-state index is 0.799. The first-order valence-electron chi connectivity index (χ1n) is 6.11. The van der Waals surface area contributed by atoms with Gasteiger partial charge in [0.1, 0.15) is 0 Å². The predicted molar refractivity (Wildman–Crippen MR) is 58.7 cm³/mol. The molecule has 0 bridgehead atoms. The Balaban J connectivity index is 1.41. The van der Waals surface area contributed by atoms with Crippen LogP contribution in [-0.4, -0.2) is 40.7 Å². The van der Waals surface area contributed by atoms with Crippen molar-refractivity contribution in [2.75, 3.05) is 19.6 Å². The largest absolute Gasteiger partial charge is 0.343 e. The van der Waals surface area contributed by atoms with E-state index in [1.165, 1.54) is 32.2 Å². The second-order valence-corrected chi connectivity index (χ2v) is 4.92. The molecule has 16 heavy (non-hydrogen) atoms. The van der Waals surface area contributed by atoms with E-state index in [0.29, 0.717) is 0 Å². The molecule has 1 aliphatic carbocycles. The minimum Gasteiger partial charge on any atom is -0.343 e. The van der Waals surface area contributed by atoms with Gasteiger partial charge in [0, 0.05) is 12.6 Å². The number of hydrogen-bond donors (Lipinski definition) is 1. The van der Waals surface area contributed by atoms with Crippen LogP contribution in [0.3, 0.4) is 0 Å². The molecule has 2 aliphatic rings. The smallest absolute Gasteiger partial charge is 0.213 e. The zero-order chi connectivity index (χ0) is 10.8. The van der Waals surface area contributed by atoms with E-state index in [1.807, 2.05) is 0 Å². The highest BCUT2D eigenvalue weighted by Gasteiger charge is 2.26. The van der Waals surface area contributed by atoms with Crippen LogP contribution in [0.1, 0.15) is 25.1 Å². The Morgan fingerprint density at radius 2 is 2.38 bits per heavy atom. The van der Waals surface area contributed by atoms with Crippen molar-refractivity contribution in [2.24, 2.45) is 5.92 Å². The lowest BCUT2D eigenvalue weighted by molar-refractivity contribution is 0.298. The van der Waals surface area contributed by atoms with Gasteiger partial charge in [-0.2, -0.15) is 4.98 Å². The third kappa shape index (κ3) is 2.59. The molecule has 88 valence electrons. The molecule has 2 fully saturated rings. The Morgan fingerprint density at radius 1 is 1.44 bits per heavy atom. The number of nitrogens with zero attached hydrogens (tertiary/aromatic N) is 3. The van der Waals surface area contributed by atoms with E-state index in [4.69, 9.17) is 4.52 Å². The molecule has 3 rings (SSSR count). The molecule has 0 spiro atoms. The number of nitrogens with one attached hydrogen (secondary N) is 1. The van der Waals surface area contributed by atoms with Gasteiger partial charge in [-0.1, -0.05) is 5.16 Å². The molecule has 0 aromatic carbocycles. The zero-order valence-corrected chi connectivity index (χ0v) is 9.43. The Labute approximate surface area is 95.2 Å². The molecule has 1 aromatic rings. The van der Waals surface area contributed by atoms with Crippen LogP contribution in [0.15, 0.2) is 10.9 Å². The molecule has 1 saturated heterocycles. The second-order valence-electron chi connectivity index (χ2n) is 4.92. The van der Waals surface area contributed by atoms with Gasteiger partial charge in [0.25, 0.3) is 0 Å². The molecule has 5 nitrogen and oxygen atoms in total. The van der Waals surface area contributed by atoms with Gasteiger partial charge < -0.3 is 9.84 Å². The molecule has 0 amide bonds. The van der Waals surface area contributed by atoms with Gasteiger partial charge in [-0.3, -0.25) is 4.90 Å². The Kier molecular flexibility index (Phi) is 2.88. The van der Waals surface area contributed by atoms with Crippen molar-refractivity contribution in [2.45, 2.75) is 31.8 Å². The maximum atomic E-state index is 4.74. The van der Waals surface area contributed by atoms with Gasteiger partial charge in [-0.05, 0) is 38.3 Å². The minimum atomic E-state index is 0.799. The normalized spacial score (nSPS) is 26.4. The zero-order valence-electron chi connectivity index (χ0n) is 9.43. The SMILES string of the molecule is c1nc(CN2CCC(CNC3CC3)C2)no1. The van der Waals surface area contributed by atoms with Crippen LogP contribution in [-0.2, 0) is 6.54 Å². The highest BCUT2D eigenvalue weighted by Crippen LogP contribution is 2.21. The van der Waals surface area contributed by atoms with E-state index in [0.717, 1.165) is 37.4 Å². The summed E-state index contributed by atoms with van der Waals surface area (Å²) in [6, 6.07) is 0.825. The lowest BCUT2D eigenvalue weighted by Gasteiger charge is -2.13. The van der Waals surface area contributed by atoms with E-state index in [1.54, 1.807) is 0 Å². The highest BCUT2D eigenvalue weighted by molar-refractivity contribution is 4.86. The fraction of sp³-hybridized carbons (Fsp3) is 0.818. The van der Waals surface area contributed by atoms with Crippen LogP contribution in [0, 0.1) is 5.92 Å². The number of likely N-dealkylation sites (tertiary alicyclic amines) is 1. The van der Waals surface area contributed by atoms with Gasteiger partial charge in [0.05, 0.1) is 6.54 Å². The maximum Gasteiger partial charge on any atom is 0.213 e. The van der Waals surface area contributed by atoms with Crippen LogP contribution < -0.4 is 5.32 Å². The molecule has 1 aliphatic heterocycles. The molecule has 1 aromatic heterocycles. The van der Waals surface area contributed by atoms with Crippen LogP contribution in [0.5, 0.6) is 0 Å². The monoisotopic (exact) mass is 222 g/mol. The predicted octanol–water partition coefficient (Wildman–Crippen LogP) is 0.643.